The van der Waals surface area contributed by atoms with Gasteiger partial charge in [0.05, 0.1) is 11.4 Å². The maximum Gasteiger partial charge on any atom is 0.573 e. The fourth-order valence-electron chi connectivity index (χ4n) is 2.66. The maximum atomic E-state index is 12.6. The van der Waals surface area contributed by atoms with Crippen LogP contribution in [0.3, 0.4) is 0 Å². The molecule has 3 N–H and O–H groups in total. The molecule has 0 unspecified atom stereocenters. The van der Waals surface area contributed by atoms with Crippen molar-refractivity contribution >= 4 is 21.8 Å². The molecule has 0 spiro atoms. The number of alkyl halides is 3. The lowest BCUT2D eigenvalue weighted by Crippen LogP contribution is -2.44. The molecule has 2 rings (SSSR count). The number of nitrogens with two attached hydrogens (primary N) is 1. The Hall–Kier alpha value is -2.34. The highest BCUT2D eigenvalue weighted by atomic mass is 32.2. The summed E-state index contributed by atoms with van der Waals surface area (Å²) >= 11 is 0. The molecule has 0 bridgehead atoms. The van der Waals surface area contributed by atoms with Crippen molar-refractivity contribution in [2.24, 2.45) is 11.7 Å². The number of amides is 2. The first-order valence-corrected chi connectivity index (χ1v) is 9.35. The minimum atomic E-state index is -4.93. The Balaban J connectivity index is 2.03. The normalized spacial score (nSPS) is 16.7. The second kappa shape index (κ2) is 8.13. The van der Waals surface area contributed by atoms with Crippen LogP contribution in [-0.2, 0) is 19.6 Å². The topological polar surface area (TPSA) is 119 Å². The number of nitrogens with zero attached hydrogens (tertiary/aromatic N) is 1. The number of carbonyl (C=O) groups excluding carboxylic acids is 2. The Bertz CT molecular complexity index is 805. The largest absolute Gasteiger partial charge is 0.573 e. The third-order valence-electron chi connectivity index (χ3n) is 3.94. The molecule has 0 saturated carbocycles. The molecule has 1 saturated heterocycles. The molecule has 0 radical (unpaired) electrons. The van der Waals surface area contributed by atoms with Gasteiger partial charge in [-0.15, -0.1) is 13.2 Å². The molecule has 0 aromatic heterocycles. The van der Waals surface area contributed by atoms with Gasteiger partial charge in [0.1, 0.15) is 5.75 Å². The third-order valence-corrected chi connectivity index (χ3v) is 5.83. The lowest BCUT2D eigenvalue weighted by atomic mass is 9.97. The monoisotopic (exact) mass is 409 g/mol. The Morgan fingerprint density at radius 2 is 1.89 bits per heavy atom. The molecule has 1 aromatic carbocycles. The van der Waals surface area contributed by atoms with Crippen LogP contribution >= 0.6 is 0 Å². The zero-order valence-corrected chi connectivity index (χ0v) is 14.8. The molecule has 1 aliphatic heterocycles. The Morgan fingerprint density at radius 1 is 1.26 bits per heavy atom. The van der Waals surface area contributed by atoms with Crippen LogP contribution in [0.15, 0.2) is 29.2 Å². The van der Waals surface area contributed by atoms with Crippen LogP contribution in [0.2, 0.25) is 0 Å². The summed E-state index contributed by atoms with van der Waals surface area (Å²) in [5.41, 5.74) is 4.94. The van der Waals surface area contributed by atoms with Crippen LogP contribution in [0.5, 0.6) is 5.75 Å². The minimum Gasteiger partial charge on any atom is -0.406 e. The molecule has 1 aromatic rings. The molecule has 2 amide bonds. The van der Waals surface area contributed by atoms with Crippen molar-refractivity contribution in [2.75, 3.05) is 19.6 Å². The Labute approximate surface area is 153 Å². The molecule has 150 valence electrons. The first kappa shape index (κ1) is 21.0. The summed E-state index contributed by atoms with van der Waals surface area (Å²) < 4.78 is 67.0. The van der Waals surface area contributed by atoms with Gasteiger partial charge in [-0.25, -0.2) is 8.42 Å². The summed E-state index contributed by atoms with van der Waals surface area (Å²) in [7, 11) is -4.03. The zero-order chi connectivity index (χ0) is 20.2. The van der Waals surface area contributed by atoms with Crippen molar-refractivity contribution in [2.45, 2.75) is 24.1 Å². The molecule has 1 fully saturated rings. The van der Waals surface area contributed by atoms with Gasteiger partial charge in [0.15, 0.2) is 0 Å². The predicted octanol–water partition coefficient (Wildman–Crippen LogP) is 0.587. The van der Waals surface area contributed by atoms with Gasteiger partial charge in [-0.3, -0.25) is 9.59 Å². The van der Waals surface area contributed by atoms with Crippen molar-refractivity contribution in [1.29, 1.82) is 0 Å². The number of benzene rings is 1. The lowest BCUT2D eigenvalue weighted by molar-refractivity contribution is -0.274. The second-order valence-corrected chi connectivity index (χ2v) is 7.82. The molecule has 0 aliphatic carbocycles. The number of hydrogen-bond acceptors (Lipinski definition) is 5. The molecular weight excluding hydrogens is 391 g/mol. The van der Waals surface area contributed by atoms with Crippen molar-refractivity contribution < 1.29 is 35.9 Å². The number of nitrogens with one attached hydrogen (secondary N) is 1. The number of hydrogen-bond donors (Lipinski definition) is 2. The van der Waals surface area contributed by atoms with E-state index in [1.165, 1.54) is 6.07 Å². The van der Waals surface area contributed by atoms with Crippen molar-refractivity contribution in [3.05, 3.63) is 24.3 Å². The smallest absolute Gasteiger partial charge is 0.406 e. The van der Waals surface area contributed by atoms with Crippen LogP contribution in [0.25, 0.3) is 0 Å². The maximum absolute atomic E-state index is 12.6. The fraction of sp³-hybridized carbons (Fsp3) is 0.467. The van der Waals surface area contributed by atoms with Gasteiger partial charge in [-0.2, -0.15) is 4.31 Å². The highest BCUT2D eigenvalue weighted by Gasteiger charge is 2.34. The van der Waals surface area contributed by atoms with E-state index in [1.807, 2.05) is 0 Å². The van der Waals surface area contributed by atoms with Gasteiger partial charge in [-0.05, 0) is 25.0 Å². The van der Waals surface area contributed by atoms with Crippen LogP contribution in [-0.4, -0.2) is 50.5 Å². The minimum absolute atomic E-state index is 0.0152. The zero-order valence-electron chi connectivity index (χ0n) is 14.0. The van der Waals surface area contributed by atoms with Gasteiger partial charge in [-0.1, -0.05) is 6.07 Å². The molecular formula is C15H18F3N3O5S. The van der Waals surface area contributed by atoms with Crippen LogP contribution in [0.4, 0.5) is 13.2 Å². The van der Waals surface area contributed by atoms with E-state index in [0.717, 1.165) is 22.5 Å². The van der Waals surface area contributed by atoms with Gasteiger partial charge < -0.3 is 15.8 Å². The Morgan fingerprint density at radius 3 is 2.44 bits per heavy atom. The van der Waals surface area contributed by atoms with Crippen LogP contribution in [0.1, 0.15) is 12.8 Å². The molecule has 27 heavy (non-hydrogen) atoms. The van der Waals surface area contributed by atoms with Gasteiger partial charge in [0, 0.05) is 25.1 Å². The first-order chi connectivity index (χ1) is 12.5. The number of halogens is 3. The summed E-state index contributed by atoms with van der Waals surface area (Å²) in [5.74, 6) is -2.20. The summed E-state index contributed by atoms with van der Waals surface area (Å²) in [6, 6.07) is 4.12. The summed E-state index contributed by atoms with van der Waals surface area (Å²) in [5, 5.41) is 2.36. The standard InChI is InChI=1S/C15H18F3N3O5S/c16-15(17,18)26-11-2-1-3-12(8-11)27(24,25)21-6-4-10(5-7-21)14(23)20-9-13(19)22/h1-3,8,10H,4-7,9H2,(H2,19,22)(H,20,23). The van der Waals surface area contributed by atoms with E-state index < -0.39 is 39.9 Å². The summed E-state index contributed by atoms with van der Waals surface area (Å²) in [4.78, 5) is 22.2. The molecule has 12 heteroatoms. The molecule has 8 nitrogen and oxygen atoms in total. The van der Waals surface area contributed by atoms with Crippen LogP contribution < -0.4 is 15.8 Å². The van der Waals surface area contributed by atoms with Crippen molar-refractivity contribution in [3.8, 4) is 5.75 Å². The van der Waals surface area contributed by atoms with E-state index in [9.17, 15) is 31.2 Å². The summed E-state index contributed by atoms with van der Waals surface area (Å²) in [6.45, 7) is -0.272. The number of ether oxygens (including phenoxy) is 1. The average molecular weight is 409 g/mol. The molecule has 0 atom stereocenters. The number of rotatable bonds is 6. The first-order valence-electron chi connectivity index (χ1n) is 7.91. The second-order valence-electron chi connectivity index (χ2n) is 5.89. The van der Waals surface area contributed by atoms with E-state index in [0.29, 0.717) is 0 Å². The third kappa shape index (κ3) is 5.82. The number of sulfonamides is 1. The van der Waals surface area contributed by atoms with Crippen molar-refractivity contribution in [3.63, 3.8) is 0 Å². The SMILES string of the molecule is NC(=O)CNC(=O)C1CCN(S(=O)(=O)c2cccc(OC(F)(F)F)c2)CC1. The lowest BCUT2D eigenvalue weighted by Gasteiger charge is -2.30. The molecule has 1 heterocycles. The highest BCUT2D eigenvalue weighted by Crippen LogP contribution is 2.28. The predicted molar refractivity (Wildman–Crippen MR) is 86.8 cm³/mol. The van der Waals surface area contributed by atoms with E-state index in [1.54, 1.807) is 0 Å². The quantitative estimate of drug-likeness (QED) is 0.713. The average Bonchev–Trinajstić information content (AvgIpc) is 2.58. The number of primary amides is 1. The van der Waals surface area contributed by atoms with E-state index >= 15 is 0 Å². The number of piperidine rings is 1. The van der Waals surface area contributed by atoms with Gasteiger partial charge >= 0.3 is 6.36 Å². The molecule has 1 aliphatic rings. The highest BCUT2D eigenvalue weighted by molar-refractivity contribution is 7.89. The van der Waals surface area contributed by atoms with E-state index in [2.05, 4.69) is 10.1 Å². The fourth-order valence-corrected chi connectivity index (χ4v) is 4.16. The number of carbonyl (C=O) groups is 2. The van der Waals surface area contributed by atoms with E-state index in [-0.39, 0.29) is 37.4 Å². The van der Waals surface area contributed by atoms with Gasteiger partial charge in [0.25, 0.3) is 0 Å². The van der Waals surface area contributed by atoms with Gasteiger partial charge in [0.2, 0.25) is 21.8 Å². The van der Waals surface area contributed by atoms with Crippen LogP contribution in [0, 0.1) is 5.92 Å². The Kier molecular flexibility index (Phi) is 6.31. The van der Waals surface area contributed by atoms with Crippen molar-refractivity contribution in [1.82, 2.24) is 9.62 Å². The summed E-state index contributed by atoms with van der Waals surface area (Å²) in [6.07, 6.45) is -4.51. The van der Waals surface area contributed by atoms with E-state index in [4.69, 9.17) is 5.73 Å².